The highest BCUT2D eigenvalue weighted by atomic mass is 15.2. The van der Waals surface area contributed by atoms with Gasteiger partial charge in [-0.2, -0.15) is 0 Å². The molecule has 2 nitrogen and oxygen atoms in total. The first-order valence-corrected chi connectivity index (χ1v) is 3.77. The van der Waals surface area contributed by atoms with Crippen LogP contribution in [0.25, 0.3) is 0 Å². The highest BCUT2D eigenvalue weighted by molar-refractivity contribution is 4.95. The van der Waals surface area contributed by atoms with Crippen molar-refractivity contribution in [3.05, 3.63) is 11.9 Å². The molecule has 0 rings (SSSR count). The number of rotatable bonds is 4. The second-order valence-electron chi connectivity index (χ2n) is 2.52. The molecular formula is C8H18N2. The van der Waals surface area contributed by atoms with E-state index in [-0.39, 0.29) is 0 Å². The van der Waals surface area contributed by atoms with Gasteiger partial charge >= 0.3 is 0 Å². The predicted octanol–water partition coefficient (Wildman–Crippen LogP) is 1.41. The first kappa shape index (κ1) is 9.34. The summed E-state index contributed by atoms with van der Waals surface area (Å²) in [5, 5.41) is 3.12. The molecule has 0 aliphatic heterocycles. The molecule has 2 heteroatoms. The van der Waals surface area contributed by atoms with E-state index in [4.69, 9.17) is 0 Å². The van der Waals surface area contributed by atoms with Crippen molar-refractivity contribution in [2.75, 3.05) is 21.1 Å². The van der Waals surface area contributed by atoms with Gasteiger partial charge in [-0.3, -0.25) is 0 Å². The lowest BCUT2D eigenvalue weighted by Crippen LogP contribution is -2.21. The van der Waals surface area contributed by atoms with Crippen molar-refractivity contribution >= 4 is 0 Å². The molecule has 0 bridgehead atoms. The number of unbranched alkanes of at least 4 members (excludes halogenated alkanes) is 1. The second kappa shape index (κ2) is 5.15. The van der Waals surface area contributed by atoms with E-state index >= 15 is 0 Å². The Kier molecular flexibility index (Phi) is 4.81. The van der Waals surface area contributed by atoms with E-state index in [1.807, 2.05) is 21.1 Å². The normalized spacial score (nSPS) is 11.4. The molecule has 0 saturated heterocycles. The van der Waals surface area contributed by atoms with Crippen LogP contribution in [0.1, 0.15) is 19.8 Å². The number of hydrogen-bond donors (Lipinski definition) is 1. The second-order valence-corrected chi connectivity index (χ2v) is 2.52. The average Bonchev–Trinajstić information content (AvgIpc) is 1.89. The maximum absolute atomic E-state index is 3.12. The summed E-state index contributed by atoms with van der Waals surface area (Å²) >= 11 is 0. The number of nitrogens with zero attached hydrogens (tertiary/aromatic N) is 1. The largest absolute Gasteiger partial charge is 0.375 e. The third-order valence-electron chi connectivity index (χ3n) is 1.36. The summed E-state index contributed by atoms with van der Waals surface area (Å²) in [6.45, 7) is 2.18. The van der Waals surface area contributed by atoms with Gasteiger partial charge in [0, 0.05) is 21.1 Å². The summed E-state index contributed by atoms with van der Waals surface area (Å²) in [4.78, 5) is 2.08. The molecule has 10 heavy (non-hydrogen) atoms. The zero-order valence-corrected chi connectivity index (χ0v) is 7.44. The average molecular weight is 142 g/mol. The molecule has 0 atom stereocenters. The van der Waals surface area contributed by atoms with E-state index in [1.54, 1.807) is 0 Å². The quantitative estimate of drug-likeness (QED) is 0.638. The van der Waals surface area contributed by atoms with Gasteiger partial charge in [-0.25, -0.2) is 0 Å². The fourth-order valence-electron chi connectivity index (χ4n) is 0.789. The third kappa shape index (κ3) is 3.38. The van der Waals surface area contributed by atoms with E-state index < -0.39 is 0 Å². The van der Waals surface area contributed by atoms with E-state index in [2.05, 4.69) is 23.2 Å². The summed E-state index contributed by atoms with van der Waals surface area (Å²) in [5.74, 6) is 1.20. The Morgan fingerprint density at radius 1 is 1.50 bits per heavy atom. The van der Waals surface area contributed by atoms with Crippen LogP contribution < -0.4 is 5.32 Å². The van der Waals surface area contributed by atoms with Crippen LogP contribution in [0.5, 0.6) is 0 Å². The van der Waals surface area contributed by atoms with E-state index in [0.29, 0.717) is 0 Å². The topological polar surface area (TPSA) is 15.3 Å². The zero-order valence-electron chi connectivity index (χ0n) is 7.44. The lowest BCUT2D eigenvalue weighted by molar-refractivity contribution is 0.472. The number of nitrogens with one attached hydrogen (secondary N) is 1. The zero-order chi connectivity index (χ0) is 7.98. The fourth-order valence-corrected chi connectivity index (χ4v) is 0.789. The van der Waals surface area contributed by atoms with Gasteiger partial charge in [0.05, 0.1) is 5.82 Å². The van der Waals surface area contributed by atoms with Crippen molar-refractivity contribution in [2.24, 2.45) is 0 Å². The standard InChI is InChI=1S/C8H18N2/c1-5-6-7-8(9-2)10(3)4/h7,9H,5-6H2,1-4H3/b8-7+. The van der Waals surface area contributed by atoms with Crippen LogP contribution in [0.2, 0.25) is 0 Å². The Hall–Kier alpha value is -0.660. The summed E-state index contributed by atoms with van der Waals surface area (Å²) < 4.78 is 0. The number of hydrogen-bond acceptors (Lipinski definition) is 2. The Balaban J connectivity index is 3.79. The van der Waals surface area contributed by atoms with Crippen molar-refractivity contribution in [1.82, 2.24) is 10.2 Å². The summed E-state index contributed by atoms with van der Waals surface area (Å²) in [5.41, 5.74) is 0. The van der Waals surface area contributed by atoms with Crippen molar-refractivity contribution in [3.8, 4) is 0 Å². The fraction of sp³-hybridized carbons (Fsp3) is 0.750. The molecule has 1 N–H and O–H groups in total. The van der Waals surface area contributed by atoms with E-state index in [9.17, 15) is 0 Å². The third-order valence-corrected chi connectivity index (χ3v) is 1.36. The highest BCUT2D eigenvalue weighted by Crippen LogP contribution is 1.96. The Morgan fingerprint density at radius 2 is 2.10 bits per heavy atom. The minimum atomic E-state index is 1.15. The minimum Gasteiger partial charge on any atom is -0.375 e. The molecule has 0 amide bonds. The van der Waals surface area contributed by atoms with Crippen LogP contribution in [0.3, 0.4) is 0 Å². The molecule has 0 fully saturated rings. The van der Waals surface area contributed by atoms with Crippen LogP contribution >= 0.6 is 0 Å². The Bertz CT molecular complexity index is 106. The van der Waals surface area contributed by atoms with Crippen LogP contribution in [0.15, 0.2) is 11.9 Å². The molecule has 0 radical (unpaired) electrons. The van der Waals surface area contributed by atoms with Gasteiger partial charge in [0.1, 0.15) is 0 Å². The smallest absolute Gasteiger partial charge is 0.0963 e. The molecule has 0 aromatic heterocycles. The van der Waals surface area contributed by atoms with Crippen molar-refractivity contribution < 1.29 is 0 Å². The maximum Gasteiger partial charge on any atom is 0.0963 e. The lowest BCUT2D eigenvalue weighted by atomic mass is 10.3. The molecule has 0 aromatic rings. The van der Waals surface area contributed by atoms with Gasteiger partial charge in [-0.15, -0.1) is 0 Å². The Labute approximate surface area is 63.9 Å². The Morgan fingerprint density at radius 3 is 2.40 bits per heavy atom. The maximum atomic E-state index is 3.12. The van der Waals surface area contributed by atoms with Gasteiger partial charge in [0.15, 0.2) is 0 Å². The highest BCUT2D eigenvalue weighted by Gasteiger charge is 1.92. The summed E-state index contributed by atoms with van der Waals surface area (Å²) in [6, 6.07) is 0. The van der Waals surface area contributed by atoms with Crippen molar-refractivity contribution in [2.45, 2.75) is 19.8 Å². The lowest BCUT2D eigenvalue weighted by Gasteiger charge is -2.16. The molecule has 0 aromatic carbocycles. The molecular weight excluding hydrogens is 124 g/mol. The molecule has 60 valence electrons. The van der Waals surface area contributed by atoms with Gasteiger partial charge in [0.2, 0.25) is 0 Å². The summed E-state index contributed by atoms with van der Waals surface area (Å²) in [7, 11) is 6.03. The molecule has 0 unspecified atom stereocenters. The van der Waals surface area contributed by atoms with Gasteiger partial charge < -0.3 is 10.2 Å². The first-order chi connectivity index (χ1) is 4.72. The van der Waals surface area contributed by atoms with Crippen molar-refractivity contribution in [1.29, 1.82) is 0 Å². The van der Waals surface area contributed by atoms with E-state index in [1.165, 1.54) is 12.2 Å². The summed E-state index contributed by atoms with van der Waals surface area (Å²) in [6.07, 6.45) is 4.56. The molecule has 0 aliphatic carbocycles. The first-order valence-electron chi connectivity index (χ1n) is 3.77. The monoisotopic (exact) mass is 142 g/mol. The van der Waals surface area contributed by atoms with Crippen LogP contribution in [-0.4, -0.2) is 26.0 Å². The van der Waals surface area contributed by atoms with E-state index in [0.717, 1.165) is 6.42 Å². The van der Waals surface area contributed by atoms with Crippen LogP contribution in [0, 0.1) is 0 Å². The van der Waals surface area contributed by atoms with Crippen LogP contribution in [0.4, 0.5) is 0 Å². The number of allylic oxidation sites excluding steroid dienone is 1. The SMILES string of the molecule is CCC/C=C(\NC)N(C)C. The van der Waals surface area contributed by atoms with Gasteiger partial charge in [0.25, 0.3) is 0 Å². The van der Waals surface area contributed by atoms with Crippen LogP contribution in [-0.2, 0) is 0 Å². The van der Waals surface area contributed by atoms with Gasteiger partial charge in [-0.1, -0.05) is 13.3 Å². The molecule has 0 spiro atoms. The molecule has 0 heterocycles. The minimum absolute atomic E-state index is 1.15. The predicted molar refractivity (Wildman–Crippen MR) is 45.7 cm³/mol. The van der Waals surface area contributed by atoms with Crippen molar-refractivity contribution in [3.63, 3.8) is 0 Å². The molecule has 0 saturated carbocycles. The molecule has 0 aliphatic rings. The van der Waals surface area contributed by atoms with Gasteiger partial charge in [-0.05, 0) is 12.5 Å².